The van der Waals surface area contributed by atoms with E-state index in [2.05, 4.69) is 20.9 Å². The molecule has 0 aromatic carbocycles. The molecule has 0 saturated heterocycles. The van der Waals surface area contributed by atoms with Crippen molar-refractivity contribution in [2.24, 2.45) is 0 Å². The second-order valence-electron chi connectivity index (χ2n) is 3.67. The largest absolute Gasteiger partial charge is 0.488 e. The van der Waals surface area contributed by atoms with E-state index in [-0.39, 0.29) is 0 Å². The zero-order valence-corrected chi connectivity index (χ0v) is 9.91. The SMILES string of the molecule is CN(C)c1ccc(OC2CC2)c(Br)n1. The zero-order chi connectivity index (χ0) is 10.1. The summed E-state index contributed by atoms with van der Waals surface area (Å²) in [6.45, 7) is 0. The Balaban J connectivity index is 2.17. The van der Waals surface area contributed by atoms with Crippen molar-refractivity contribution in [3.05, 3.63) is 16.7 Å². The van der Waals surface area contributed by atoms with E-state index in [4.69, 9.17) is 4.74 Å². The number of ether oxygens (including phenoxy) is 1. The van der Waals surface area contributed by atoms with Crippen LogP contribution in [0.25, 0.3) is 0 Å². The lowest BCUT2D eigenvalue weighted by atomic mass is 10.4. The normalized spacial score (nSPS) is 15.4. The minimum absolute atomic E-state index is 0.415. The average molecular weight is 257 g/mol. The van der Waals surface area contributed by atoms with Crippen LogP contribution in [-0.2, 0) is 0 Å². The molecule has 1 aliphatic carbocycles. The van der Waals surface area contributed by atoms with Crippen molar-refractivity contribution in [2.75, 3.05) is 19.0 Å². The maximum absolute atomic E-state index is 5.66. The average Bonchev–Trinajstić information content (AvgIpc) is 2.92. The van der Waals surface area contributed by atoms with Crippen LogP contribution in [-0.4, -0.2) is 25.2 Å². The summed E-state index contributed by atoms with van der Waals surface area (Å²) in [5, 5.41) is 0. The van der Waals surface area contributed by atoms with Gasteiger partial charge in [0.2, 0.25) is 0 Å². The highest BCUT2D eigenvalue weighted by Crippen LogP contribution is 2.32. The third kappa shape index (κ3) is 2.18. The van der Waals surface area contributed by atoms with E-state index in [9.17, 15) is 0 Å². The minimum atomic E-state index is 0.415. The van der Waals surface area contributed by atoms with Crippen molar-refractivity contribution < 1.29 is 4.74 Å². The van der Waals surface area contributed by atoms with Crippen LogP contribution in [0.3, 0.4) is 0 Å². The van der Waals surface area contributed by atoms with Crippen LogP contribution >= 0.6 is 15.9 Å². The van der Waals surface area contributed by atoms with E-state index in [1.807, 2.05) is 31.1 Å². The van der Waals surface area contributed by atoms with Crippen molar-refractivity contribution in [2.45, 2.75) is 18.9 Å². The molecule has 1 saturated carbocycles. The number of rotatable bonds is 3. The molecule has 0 radical (unpaired) electrons. The minimum Gasteiger partial charge on any atom is -0.488 e. The fourth-order valence-electron chi connectivity index (χ4n) is 1.11. The molecular weight excluding hydrogens is 244 g/mol. The first kappa shape index (κ1) is 9.77. The molecule has 2 rings (SSSR count). The summed E-state index contributed by atoms with van der Waals surface area (Å²) >= 11 is 3.41. The van der Waals surface area contributed by atoms with Crippen LogP contribution in [0, 0.1) is 0 Å². The van der Waals surface area contributed by atoms with E-state index in [1.165, 1.54) is 12.8 Å². The predicted molar refractivity (Wildman–Crippen MR) is 59.9 cm³/mol. The summed E-state index contributed by atoms with van der Waals surface area (Å²) in [7, 11) is 3.94. The number of hydrogen-bond donors (Lipinski definition) is 0. The second kappa shape index (κ2) is 3.77. The van der Waals surface area contributed by atoms with Gasteiger partial charge >= 0.3 is 0 Å². The van der Waals surface area contributed by atoms with E-state index in [0.717, 1.165) is 16.2 Å². The third-order valence-corrected chi connectivity index (χ3v) is 2.64. The zero-order valence-electron chi connectivity index (χ0n) is 8.33. The molecule has 1 heterocycles. The Morgan fingerprint density at radius 2 is 2.14 bits per heavy atom. The van der Waals surface area contributed by atoms with Gasteiger partial charge < -0.3 is 9.64 Å². The Hall–Kier alpha value is -0.770. The van der Waals surface area contributed by atoms with Gasteiger partial charge in [-0.05, 0) is 40.9 Å². The summed E-state index contributed by atoms with van der Waals surface area (Å²) in [4.78, 5) is 6.34. The van der Waals surface area contributed by atoms with E-state index in [0.29, 0.717) is 6.10 Å². The quantitative estimate of drug-likeness (QED) is 0.778. The van der Waals surface area contributed by atoms with Crippen molar-refractivity contribution in [3.63, 3.8) is 0 Å². The van der Waals surface area contributed by atoms with Gasteiger partial charge in [0.15, 0.2) is 5.75 Å². The summed E-state index contributed by atoms with van der Waals surface area (Å²) in [6, 6.07) is 3.92. The lowest BCUT2D eigenvalue weighted by molar-refractivity contribution is 0.300. The third-order valence-electron chi connectivity index (χ3n) is 2.08. The molecule has 0 aliphatic heterocycles. The Morgan fingerprint density at radius 1 is 1.43 bits per heavy atom. The molecule has 1 aromatic rings. The smallest absolute Gasteiger partial charge is 0.152 e. The lowest BCUT2D eigenvalue weighted by Crippen LogP contribution is -2.10. The molecule has 3 nitrogen and oxygen atoms in total. The van der Waals surface area contributed by atoms with Crippen LogP contribution in [0.5, 0.6) is 5.75 Å². The van der Waals surface area contributed by atoms with E-state index >= 15 is 0 Å². The summed E-state index contributed by atoms with van der Waals surface area (Å²) in [5.74, 6) is 1.78. The first-order valence-corrected chi connectivity index (χ1v) is 5.46. The van der Waals surface area contributed by atoms with Crippen molar-refractivity contribution >= 4 is 21.7 Å². The van der Waals surface area contributed by atoms with Gasteiger partial charge in [0.1, 0.15) is 10.4 Å². The van der Waals surface area contributed by atoms with E-state index < -0.39 is 0 Å². The first-order chi connectivity index (χ1) is 6.66. The number of hydrogen-bond acceptors (Lipinski definition) is 3. The molecule has 1 aromatic heterocycles. The molecule has 0 bridgehead atoms. The van der Waals surface area contributed by atoms with Gasteiger partial charge in [-0.25, -0.2) is 4.98 Å². The summed E-state index contributed by atoms with van der Waals surface area (Å²) < 4.78 is 6.45. The van der Waals surface area contributed by atoms with Crippen LogP contribution in [0.4, 0.5) is 5.82 Å². The molecule has 0 atom stereocenters. The van der Waals surface area contributed by atoms with Gasteiger partial charge in [0.25, 0.3) is 0 Å². The molecule has 0 amide bonds. The Kier molecular flexibility index (Phi) is 2.63. The number of anilines is 1. The molecule has 14 heavy (non-hydrogen) atoms. The molecule has 0 spiro atoms. The van der Waals surface area contributed by atoms with E-state index in [1.54, 1.807) is 0 Å². The maximum Gasteiger partial charge on any atom is 0.152 e. The van der Waals surface area contributed by atoms with Crippen molar-refractivity contribution in [1.29, 1.82) is 0 Å². The number of aromatic nitrogens is 1. The second-order valence-corrected chi connectivity index (χ2v) is 4.42. The summed E-state index contributed by atoms with van der Waals surface area (Å²) in [5.41, 5.74) is 0. The predicted octanol–water partition coefficient (Wildman–Crippen LogP) is 2.45. The Morgan fingerprint density at radius 3 is 2.64 bits per heavy atom. The lowest BCUT2D eigenvalue weighted by Gasteiger charge is -2.13. The first-order valence-electron chi connectivity index (χ1n) is 4.67. The molecule has 0 unspecified atom stereocenters. The van der Waals surface area contributed by atoms with Crippen LogP contribution in [0.1, 0.15) is 12.8 Å². The summed E-state index contributed by atoms with van der Waals surface area (Å²) in [6.07, 6.45) is 2.75. The highest BCUT2D eigenvalue weighted by molar-refractivity contribution is 9.10. The molecule has 76 valence electrons. The molecule has 0 N–H and O–H groups in total. The molecular formula is C10H13BrN2O. The van der Waals surface area contributed by atoms with Gasteiger partial charge in [-0.2, -0.15) is 0 Å². The standard InChI is InChI=1S/C10H13BrN2O/c1-13(2)9-6-5-8(10(11)12-9)14-7-3-4-7/h5-7H,3-4H2,1-2H3. The number of nitrogens with zero attached hydrogens (tertiary/aromatic N) is 2. The van der Waals surface area contributed by atoms with Crippen LogP contribution in [0.2, 0.25) is 0 Å². The Bertz CT molecular complexity index is 337. The van der Waals surface area contributed by atoms with Gasteiger partial charge in [0, 0.05) is 14.1 Å². The maximum atomic E-state index is 5.66. The fraction of sp³-hybridized carbons (Fsp3) is 0.500. The molecule has 4 heteroatoms. The monoisotopic (exact) mass is 256 g/mol. The van der Waals surface area contributed by atoms with Gasteiger partial charge in [-0.3, -0.25) is 0 Å². The van der Waals surface area contributed by atoms with Crippen LogP contribution in [0.15, 0.2) is 16.7 Å². The Labute approximate surface area is 92.2 Å². The number of pyridine rings is 1. The van der Waals surface area contributed by atoms with Gasteiger partial charge in [-0.15, -0.1) is 0 Å². The molecule has 1 aliphatic rings. The topological polar surface area (TPSA) is 25.4 Å². The van der Waals surface area contributed by atoms with Gasteiger partial charge in [0.05, 0.1) is 6.10 Å². The molecule has 1 fully saturated rings. The highest BCUT2D eigenvalue weighted by Gasteiger charge is 2.24. The van der Waals surface area contributed by atoms with Crippen LogP contribution < -0.4 is 9.64 Å². The van der Waals surface area contributed by atoms with Crippen molar-refractivity contribution in [3.8, 4) is 5.75 Å². The fourth-order valence-corrected chi connectivity index (χ4v) is 1.52. The number of halogens is 1. The van der Waals surface area contributed by atoms with Crippen molar-refractivity contribution in [1.82, 2.24) is 4.98 Å². The van der Waals surface area contributed by atoms with Gasteiger partial charge in [-0.1, -0.05) is 0 Å². The highest BCUT2D eigenvalue weighted by atomic mass is 79.9.